The maximum Gasteiger partial charge on any atom is 0.472 e. The fraction of sp³-hybridized carbons (Fsp3) is 0.905. The van der Waals surface area contributed by atoms with Gasteiger partial charge < -0.3 is 29.7 Å². The standard InChI is InChI=1S/C21H43N2O9P/c1-18(2)21(25)23-9-7-5-6-8-20(24)22-10-11-28-12-13-29-14-15-30-16-17-31-33(26,27)32-19(3)4/h18-19H,5-17H2,1-4H3,(H,22,24)(H,23,25)(H,26,27). The minimum Gasteiger partial charge on any atom is -0.377 e. The zero-order valence-corrected chi connectivity index (χ0v) is 21.4. The number of amides is 2. The number of hydrogen-bond donors (Lipinski definition) is 3. The first kappa shape index (κ1) is 31.9. The summed E-state index contributed by atoms with van der Waals surface area (Å²) in [6.07, 6.45) is 2.61. The highest BCUT2D eigenvalue weighted by atomic mass is 31.2. The molecule has 2 amide bonds. The highest BCUT2D eigenvalue weighted by Gasteiger charge is 2.22. The summed E-state index contributed by atoms with van der Waals surface area (Å²) in [5.41, 5.74) is 0. The predicted molar refractivity (Wildman–Crippen MR) is 124 cm³/mol. The van der Waals surface area contributed by atoms with Crippen molar-refractivity contribution in [2.45, 2.75) is 59.5 Å². The summed E-state index contributed by atoms with van der Waals surface area (Å²) in [6, 6.07) is 0. The molecule has 0 spiro atoms. The van der Waals surface area contributed by atoms with Crippen LogP contribution < -0.4 is 10.6 Å². The van der Waals surface area contributed by atoms with E-state index in [1.54, 1.807) is 13.8 Å². The van der Waals surface area contributed by atoms with Crippen molar-refractivity contribution in [3.8, 4) is 0 Å². The second-order valence-corrected chi connectivity index (χ2v) is 9.31. The van der Waals surface area contributed by atoms with E-state index in [0.717, 1.165) is 19.3 Å². The average Bonchev–Trinajstić information content (AvgIpc) is 2.72. The van der Waals surface area contributed by atoms with E-state index in [-0.39, 0.29) is 30.9 Å². The fourth-order valence-corrected chi connectivity index (χ4v) is 3.30. The van der Waals surface area contributed by atoms with E-state index in [1.807, 2.05) is 13.8 Å². The minimum absolute atomic E-state index is 0.00321. The quantitative estimate of drug-likeness (QED) is 0.151. The predicted octanol–water partition coefficient (Wildman–Crippen LogP) is 2.03. The number of phosphoric ester groups is 1. The molecule has 196 valence electrons. The monoisotopic (exact) mass is 498 g/mol. The lowest BCUT2D eigenvalue weighted by molar-refractivity contribution is -0.124. The van der Waals surface area contributed by atoms with Gasteiger partial charge in [-0.1, -0.05) is 20.3 Å². The number of nitrogens with one attached hydrogen (secondary N) is 2. The van der Waals surface area contributed by atoms with Crippen LogP contribution in [0.25, 0.3) is 0 Å². The Morgan fingerprint density at radius 3 is 1.94 bits per heavy atom. The van der Waals surface area contributed by atoms with Crippen LogP contribution in [0.3, 0.4) is 0 Å². The number of phosphoric acid groups is 1. The molecule has 33 heavy (non-hydrogen) atoms. The van der Waals surface area contributed by atoms with Crippen molar-refractivity contribution in [2.24, 2.45) is 5.92 Å². The molecule has 12 heteroatoms. The Hall–Kier alpha value is -1.07. The van der Waals surface area contributed by atoms with Crippen molar-refractivity contribution in [2.75, 3.05) is 59.3 Å². The van der Waals surface area contributed by atoms with Crippen molar-refractivity contribution in [3.05, 3.63) is 0 Å². The van der Waals surface area contributed by atoms with Gasteiger partial charge in [0.25, 0.3) is 0 Å². The van der Waals surface area contributed by atoms with Gasteiger partial charge in [0.1, 0.15) is 0 Å². The van der Waals surface area contributed by atoms with Gasteiger partial charge in [-0.2, -0.15) is 0 Å². The number of unbranched alkanes of at least 4 members (excludes halogenated alkanes) is 2. The molecule has 0 aromatic rings. The van der Waals surface area contributed by atoms with E-state index in [9.17, 15) is 19.0 Å². The van der Waals surface area contributed by atoms with E-state index in [0.29, 0.717) is 52.5 Å². The van der Waals surface area contributed by atoms with Gasteiger partial charge >= 0.3 is 7.82 Å². The summed E-state index contributed by atoms with van der Waals surface area (Å²) in [7, 11) is -4.02. The van der Waals surface area contributed by atoms with Crippen molar-refractivity contribution in [1.82, 2.24) is 10.6 Å². The van der Waals surface area contributed by atoms with Gasteiger partial charge in [0.15, 0.2) is 0 Å². The summed E-state index contributed by atoms with van der Waals surface area (Å²) in [5.74, 6) is 0.0502. The van der Waals surface area contributed by atoms with Crippen molar-refractivity contribution in [3.63, 3.8) is 0 Å². The Kier molecular flexibility index (Phi) is 19.7. The van der Waals surface area contributed by atoms with Crippen LogP contribution in [0.5, 0.6) is 0 Å². The number of rotatable bonds is 22. The van der Waals surface area contributed by atoms with E-state index >= 15 is 0 Å². The van der Waals surface area contributed by atoms with Crippen molar-refractivity contribution < 1.29 is 42.3 Å². The molecule has 0 fully saturated rings. The highest BCUT2D eigenvalue weighted by Crippen LogP contribution is 2.44. The maximum atomic E-state index is 11.7. The fourth-order valence-electron chi connectivity index (χ4n) is 2.40. The third-order valence-electron chi connectivity index (χ3n) is 4.04. The summed E-state index contributed by atoms with van der Waals surface area (Å²) < 4.78 is 36.9. The summed E-state index contributed by atoms with van der Waals surface area (Å²) in [5, 5.41) is 5.66. The molecule has 0 saturated heterocycles. The van der Waals surface area contributed by atoms with Crippen molar-refractivity contribution in [1.29, 1.82) is 0 Å². The lowest BCUT2D eigenvalue weighted by Gasteiger charge is -2.14. The zero-order valence-electron chi connectivity index (χ0n) is 20.5. The van der Waals surface area contributed by atoms with Gasteiger partial charge in [-0.3, -0.25) is 18.6 Å². The second kappa shape index (κ2) is 20.3. The van der Waals surface area contributed by atoms with E-state index < -0.39 is 13.9 Å². The van der Waals surface area contributed by atoms with Gasteiger partial charge in [0.05, 0.1) is 52.4 Å². The summed E-state index contributed by atoms with van der Waals surface area (Å²) in [6.45, 7) is 10.1. The molecule has 0 aliphatic heterocycles. The molecule has 0 heterocycles. The second-order valence-electron chi connectivity index (χ2n) is 7.90. The van der Waals surface area contributed by atoms with Crippen LogP contribution in [-0.4, -0.2) is 82.1 Å². The topological polar surface area (TPSA) is 142 Å². The first-order chi connectivity index (χ1) is 15.6. The van der Waals surface area contributed by atoms with Crippen LogP contribution in [0.15, 0.2) is 0 Å². The van der Waals surface area contributed by atoms with Crippen LogP contribution in [-0.2, 0) is 37.4 Å². The van der Waals surface area contributed by atoms with E-state index in [1.165, 1.54) is 0 Å². The van der Waals surface area contributed by atoms with Gasteiger partial charge in [-0.05, 0) is 26.7 Å². The molecule has 0 aromatic carbocycles. The largest absolute Gasteiger partial charge is 0.472 e. The third kappa shape index (κ3) is 22.5. The minimum atomic E-state index is -4.02. The van der Waals surface area contributed by atoms with Gasteiger partial charge in [-0.25, -0.2) is 4.57 Å². The van der Waals surface area contributed by atoms with Crippen molar-refractivity contribution >= 4 is 19.6 Å². The number of hydrogen-bond acceptors (Lipinski definition) is 8. The first-order valence-electron chi connectivity index (χ1n) is 11.6. The Morgan fingerprint density at radius 1 is 0.788 bits per heavy atom. The molecular formula is C21H43N2O9P. The Balaban J connectivity index is 3.34. The van der Waals surface area contributed by atoms with Crippen LogP contribution in [0.1, 0.15) is 53.4 Å². The molecular weight excluding hydrogens is 455 g/mol. The molecule has 0 rings (SSSR count). The third-order valence-corrected chi connectivity index (χ3v) is 5.24. The van der Waals surface area contributed by atoms with Gasteiger partial charge in [0, 0.05) is 25.4 Å². The summed E-state index contributed by atoms with van der Waals surface area (Å²) in [4.78, 5) is 32.5. The molecule has 0 aliphatic carbocycles. The van der Waals surface area contributed by atoms with Crippen LogP contribution in [0.4, 0.5) is 0 Å². The SMILES string of the molecule is CC(C)OP(=O)(O)OCCOCCOCCOCCNC(=O)CCCCCNC(=O)C(C)C. The molecule has 0 aliphatic rings. The zero-order chi connectivity index (χ0) is 25.0. The first-order valence-corrected chi connectivity index (χ1v) is 13.1. The van der Waals surface area contributed by atoms with Gasteiger partial charge in [0.2, 0.25) is 11.8 Å². The van der Waals surface area contributed by atoms with Gasteiger partial charge in [-0.15, -0.1) is 0 Å². The number of ether oxygens (including phenoxy) is 3. The van der Waals surface area contributed by atoms with E-state index in [4.69, 9.17) is 23.3 Å². The normalized spacial score (nSPS) is 13.3. The highest BCUT2D eigenvalue weighted by molar-refractivity contribution is 7.47. The van der Waals surface area contributed by atoms with E-state index in [2.05, 4.69) is 10.6 Å². The molecule has 11 nitrogen and oxygen atoms in total. The molecule has 0 aromatic heterocycles. The Bertz CT molecular complexity index is 562. The number of carbonyl (C=O) groups is 2. The molecule has 1 atom stereocenters. The molecule has 0 bridgehead atoms. The van der Waals surface area contributed by atoms with Crippen LogP contribution in [0, 0.1) is 5.92 Å². The maximum absolute atomic E-state index is 11.7. The smallest absolute Gasteiger partial charge is 0.377 e. The molecule has 1 unspecified atom stereocenters. The average molecular weight is 499 g/mol. The lowest BCUT2D eigenvalue weighted by Crippen LogP contribution is -2.28. The molecule has 0 radical (unpaired) electrons. The summed E-state index contributed by atoms with van der Waals surface area (Å²) >= 11 is 0. The van der Waals surface area contributed by atoms with Crippen LogP contribution >= 0.6 is 7.82 Å². The lowest BCUT2D eigenvalue weighted by atomic mass is 10.1. The van der Waals surface area contributed by atoms with Crippen LogP contribution in [0.2, 0.25) is 0 Å². The molecule has 3 N–H and O–H groups in total. The number of carbonyl (C=O) groups excluding carboxylic acids is 2. The Morgan fingerprint density at radius 2 is 1.36 bits per heavy atom. The Labute approximate surface area is 197 Å². The molecule has 0 saturated carbocycles.